The highest BCUT2D eigenvalue weighted by molar-refractivity contribution is 5.88. The summed E-state index contributed by atoms with van der Waals surface area (Å²) in [7, 11) is 1.53. The van der Waals surface area contributed by atoms with E-state index in [1.54, 1.807) is 6.07 Å². The molecule has 0 aliphatic carbocycles. The summed E-state index contributed by atoms with van der Waals surface area (Å²) < 4.78 is 20.5. The van der Waals surface area contributed by atoms with E-state index in [1.807, 2.05) is 30.3 Å². The second-order valence-electron chi connectivity index (χ2n) is 4.79. The summed E-state index contributed by atoms with van der Waals surface area (Å²) in [5.74, 6) is 0.0925. The Morgan fingerprint density at radius 3 is 2.67 bits per heavy atom. The zero-order valence-corrected chi connectivity index (χ0v) is 13.3. The lowest BCUT2D eigenvalue weighted by molar-refractivity contribution is -0.124. The number of furan rings is 1. The van der Waals surface area contributed by atoms with Crippen LogP contribution in [0.4, 0.5) is 0 Å². The lowest BCUT2D eigenvalue weighted by atomic mass is 10.3. The van der Waals surface area contributed by atoms with Crippen molar-refractivity contribution in [2.24, 2.45) is 0 Å². The van der Waals surface area contributed by atoms with Crippen LogP contribution in [0.5, 0.6) is 5.75 Å². The summed E-state index contributed by atoms with van der Waals surface area (Å²) in [6.07, 6.45) is 0. The SMILES string of the molecule is COCCNC(=O)COC(=O)c1ccc(COc2ccccc2)o1. The van der Waals surface area contributed by atoms with Gasteiger partial charge in [-0.1, -0.05) is 18.2 Å². The summed E-state index contributed by atoms with van der Waals surface area (Å²) >= 11 is 0. The van der Waals surface area contributed by atoms with E-state index in [-0.39, 0.29) is 19.0 Å². The van der Waals surface area contributed by atoms with E-state index >= 15 is 0 Å². The van der Waals surface area contributed by atoms with Crippen molar-refractivity contribution in [1.82, 2.24) is 5.32 Å². The van der Waals surface area contributed by atoms with Gasteiger partial charge in [-0.3, -0.25) is 4.79 Å². The summed E-state index contributed by atoms with van der Waals surface area (Å²) in [5.41, 5.74) is 0. The standard InChI is InChI=1S/C17H19NO6/c1-21-10-9-18-16(19)12-23-17(20)15-8-7-14(24-15)11-22-13-5-3-2-4-6-13/h2-8H,9-12H2,1H3,(H,18,19). The third-order valence-corrected chi connectivity index (χ3v) is 2.95. The number of amides is 1. The van der Waals surface area contributed by atoms with E-state index in [9.17, 15) is 9.59 Å². The molecule has 128 valence electrons. The molecule has 1 aromatic heterocycles. The molecule has 7 heteroatoms. The molecule has 0 spiro atoms. The van der Waals surface area contributed by atoms with Crippen LogP contribution < -0.4 is 10.1 Å². The minimum Gasteiger partial charge on any atom is -0.486 e. The zero-order valence-electron chi connectivity index (χ0n) is 13.3. The number of carbonyl (C=O) groups excluding carboxylic acids is 2. The average Bonchev–Trinajstić information content (AvgIpc) is 3.08. The first kappa shape index (κ1) is 17.6. The minimum atomic E-state index is -0.706. The van der Waals surface area contributed by atoms with E-state index < -0.39 is 11.9 Å². The molecule has 24 heavy (non-hydrogen) atoms. The molecule has 1 heterocycles. The molecule has 2 aromatic rings. The molecule has 0 aliphatic rings. The lowest BCUT2D eigenvalue weighted by Gasteiger charge is -2.05. The maximum atomic E-state index is 11.8. The molecule has 1 N–H and O–H groups in total. The fourth-order valence-corrected chi connectivity index (χ4v) is 1.78. The monoisotopic (exact) mass is 333 g/mol. The minimum absolute atomic E-state index is 0.0198. The molecule has 0 unspecified atom stereocenters. The summed E-state index contributed by atoms with van der Waals surface area (Å²) in [6, 6.07) is 12.4. The molecule has 0 bridgehead atoms. The Kier molecular flexibility index (Phi) is 6.85. The van der Waals surface area contributed by atoms with Crippen LogP contribution in [0.2, 0.25) is 0 Å². The molecule has 0 fully saturated rings. The van der Waals surface area contributed by atoms with Crippen molar-refractivity contribution in [1.29, 1.82) is 0 Å². The van der Waals surface area contributed by atoms with Crippen LogP contribution in [0, 0.1) is 0 Å². The predicted octanol–water partition coefficient (Wildman–Crippen LogP) is 1.78. The van der Waals surface area contributed by atoms with Crippen molar-refractivity contribution >= 4 is 11.9 Å². The molecule has 1 amide bonds. The van der Waals surface area contributed by atoms with Gasteiger partial charge < -0.3 is 23.9 Å². The highest BCUT2D eigenvalue weighted by atomic mass is 16.6. The van der Waals surface area contributed by atoms with Crippen LogP contribution in [0.1, 0.15) is 16.3 Å². The highest BCUT2D eigenvalue weighted by Gasteiger charge is 2.14. The van der Waals surface area contributed by atoms with Crippen LogP contribution in [0.3, 0.4) is 0 Å². The summed E-state index contributed by atoms with van der Waals surface area (Å²) in [6.45, 7) is 0.561. The molecule has 1 aromatic carbocycles. The van der Waals surface area contributed by atoms with E-state index in [0.29, 0.717) is 24.7 Å². The van der Waals surface area contributed by atoms with Gasteiger partial charge in [-0.25, -0.2) is 4.79 Å². The van der Waals surface area contributed by atoms with Gasteiger partial charge >= 0.3 is 5.97 Å². The number of rotatable bonds is 9. The molecular weight excluding hydrogens is 314 g/mol. The summed E-state index contributed by atoms with van der Waals surface area (Å²) in [5, 5.41) is 2.54. The molecule has 7 nitrogen and oxygen atoms in total. The number of carbonyl (C=O) groups is 2. The predicted molar refractivity (Wildman–Crippen MR) is 84.7 cm³/mol. The van der Waals surface area contributed by atoms with Gasteiger partial charge in [0, 0.05) is 13.7 Å². The molecule has 0 atom stereocenters. The maximum absolute atomic E-state index is 11.8. The Hall–Kier alpha value is -2.80. The van der Waals surface area contributed by atoms with Gasteiger partial charge in [0.25, 0.3) is 5.91 Å². The molecule has 0 radical (unpaired) electrons. The third-order valence-electron chi connectivity index (χ3n) is 2.95. The second-order valence-corrected chi connectivity index (χ2v) is 4.79. The average molecular weight is 333 g/mol. The maximum Gasteiger partial charge on any atom is 0.374 e. The second kappa shape index (κ2) is 9.36. The first-order valence-electron chi connectivity index (χ1n) is 7.38. The van der Waals surface area contributed by atoms with Gasteiger partial charge in [0.15, 0.2) is 6.61 Å². The Morgan fingerprint density at radius 1 is 1.12 bits per heavy atom. The number of methoxy groups -OCH3 is 1. The quantitative estimate of drug-likeness (QED) is 0.556. The lowest BCUT2D eigenvalue weighted by Crippen LogP contribution is -2.31. The van der Waals surface area contributed by atoms with Crippen molar-refractivity contribution in [3.8, 4) is 5.75 Å². The number of benzene rings is 1. The van der Waals surface area contributed by atoms with E-state index in [1.165, 1.54) is 13.2 Å². The van der Waals surface area contributed by atoms with E-state index in [4.69, 9.17) is 18.6 Å². The fraction of sp³-hybridized carbons (Fsp3) is 0.294. The Morgan fingerprint density at radius 2 is 1.92 bits per heavy atom. The third kappa shape index (κ3) is 5.77. The first-order chi connectivity index (χ1) is 11.7. The van der Waals surface area contributed by atoms with Crippen LogP contribution in [0.15, 0.2) is 46.9 Å². The van der Waals surface area contributed by atoms with E-state index in [0.717, 1.165) is 0 Å². The van der Waals surface area contributed by atoms with Crippen molar-refractivity contribution in [2.75, 3.05) is 26.9 Å². The van der Waals surface area contributed by atoms with Crippen molar-refractivity contribution < 1.29 is 28.2 Å². The first-order valence-corrected chi connectivity index (χ1v) is 7.38. The van der Waals surface area contributed by atoms with Gasteiger partial charge in [0.05, 0.1) is 6.61 Å². The van der Waals surface area contributed by atoms with Crippen molar-refractivity contribution in [3.05, 3.63) is 54.0 Å². The summed E-state index contributed by atoms with van der Waals surface area (Å²) in [4.78, 5) is 23.2. The van der Waals surface area contributed by atoms with Crippen molar-refractivity contribution in [2.45, 2.75) is 6.61 Å². The largest absolute Gasteiger partial charge is 0.486 e. The molecular formula is C17H19NO6. The normalized spacial score (nSPS) is 10.2. The van der Waals surface area contributed by atoms with Gasteiger partial charge in [-0.2, -0.15) is 0 Å². The van der Waals surface area contributed by atoms with Crippen LogP contribution in [0.25, 0.3) is 0 Å². The van der Waals surface area contributed by atoms with Gasteiger partial charge in [0.2, 0.25) is 5.76 Å². The smallest absolute Gasteiger partial charge is 0.374 e. The van der Waals surface area contributed by atoms with Crippen LogP contribution in [-0.4, -0.2) is 38.7 Å². The number of nitrogens with one attached hydrogen (secondary N) is 1. The number of hydrogen-bond acceptors (Lipinski definition) is 6. The van der Waals surface area contributed by atoms with E-state index in [2.05, 4.69) is 5.32 Å². The Balaban J connectivity index is 1.75. The number of para-hydroxylation sites is 1. The molecule has 0 aliphatic heterocycles. The molecule has 2 rings (SSSR count). The van der Waals surface area contributed by atoms with Crippen molar-refractivity contribution in [3.63, 3.8) is 0 Å². The molecule has 0 saturated heterocycles. The Bertz CT molecular complexity index is 652. The fourth-order valence-electron chi connectivity index (χ4n) is 1.78. The van der Waals surface area contributed by atoms with Gasteiger partial charge in [-0.05, 0) is 24.3 Å². The number of esters is 1. The number of hydrogen-bond donors (Lipinski definition) is 1. The van der Waals surface area contributed by atoms with Crippen LogP contribution >= 0.6 is 0 Å². The Labute approximate surface area is 139 Å². The molecule has 0 saturated carbocycles. The highest BCUT2D eigenvalue weighted by Crippen LogP contribution is 2.14. The van der Waals surface area contributed by atoms with Gasteiger partial charge in [0.1, 0.15) is 18.1 Å². The van der Waals surface area contributed by atoms with Gasteiger partial charge in [-0.15, -0.1) is 0 Å². The zero-order chi connectivity index (χ0) is 17.2. The van der Waals surface area contributed by atoms with Crippen LogP contribution in [-0.2, 0) is 20.9 Å². The topological polar surface area (TPSA) is 87.0 Å². The number of ether oxygens (including phenoxy) is 3.